The molecule has 0 radical (unpaired) electrons. The molecular formula is C43H52FN5O2. The van der Waals surface area contributed by atoms with Crippen LogP contribution in [0.15, 0.2) is 88.2 Å². The summed E-state index contributed by atoms with van der Waals surface area (Å²) in [6.45, 7) is 12.5. The van der Waals surface area contributed by atoms with Crippen LogP contribution in [0.25, 0.3) is 11.0 Å². The van der Waals surface area contributed by atoms with E-state index in [2.05, 4.69) is 89.5 Å². The third-order valence-electron chi connectivity index (χ3n) is 11.7. The van der Waals surface area contributed by atoms with Crippen molar-refractivity contribution in [1.82, 2.24) is 24.5 Å². The monoisotopic (exact) mass is 689 g/mol. The Labute approximate surface area is 301 Å². The molecule has 8 heteroatoms. The molecule has 0 amide bonds. The number of hydrogen-bond acceptors (Lipinski definition) is 6. The highest BCUT2D eigenvalue weighted by atomic mass is 19.1. The third-order valence-corrected chi connectivity index (χ3v) is 11.7. The number of aromatic nitrogens is 3. The van der Waals surface area contributed by atoms with Crippen LogP contribution < -0.4 is 5.56 Å². The van der Waals surface area contributed by atoms with Gasteiger partial charge in [0.25, 0.3) is 5.56 Å². The van der Waals surface area contributed by atoms with Gasteiger partial charge in [0.15, 0.2) is 5.58 Å². The Hall–Kier alpha value is -4.14. The molecule has 3 aromatic carbocycles. The summed E-state index contributed by atoms with van der Waals surface area (Å²) in [6, 6.07) is 27.4. The van der Waals surface area contributed by atoms with Crippen LogP contribution in [0.5, 0.6) is 0 Å². The van der Waals surface area contributed by atoms with Gasteiger partial charge in [-0.15, -0.1) is 0 Å². The molecular weight excluding hydrogens is 638 g/mol. The van der Waals surface area contributed by atoms with E-state index in [1.807, 2.05) is 11.5 Å². The van der Waals surface area contributed by atoms with E-state index in [1.165, 1.54) is 49.2 Å². The van der Waals surface area contributed by atoms with Gasteiger partial charge in [0.2, 0.25) is 0 Å². The lowest BCUT2D eigenvalue weighted by molar-refractivity contribution is 0.145. The maximum Gasteiger partial charge on any atom is 0.256 e. The normalized spacial score (nSPS) is 18.4. The lowest BCUT2D eigenvalue weighted by Crippen LogP contribution is -2.45. The van der Waals surface area contributed by atoms with E-state index < -0.39 is 0 Å². The van der Waals surface area contributed by atoms with Gasteiger partial charge >= 0.3 is 0 Å². The minimum absolute atomic E-state index is 0.161. The van der Waals surface area contributed by atoms with Gasteiger partial charge < -0.3 is 14.3 Å². The number of fused-ring (bicyclic) bond motifs is 2. The van der Waals surface area contributed by atoms with Gasteiger partial charge in [-0.3, -0.25) is 9.36 Å². The predicted molar refractivity (Wildman–Crippen MR) is 202 cm³/mol. The number of likely N-dealkylation sites (tertiary alicyclic amines) is 2. The molecule has 0 spiro atoms. The van der Waals surface area contributed by atoms with Gasteiger partial charge in [0, 0.05) is 59.6 Å². The highest BCUT2D eigenvalue weighted by Gasteiger charge is 2.38. The zero-order valence-corrected chi connectivity index (χ0v) is 30.5. The second-order valence-corrected chi connectivity index (χ2v) is 15.0. The van der Waals surface area contributed by atoms with Crippen molar-refractivity contribution in [2.75, 3.05) is 32.7 Å². The van der Waals surface area contributed by atoms with Gasteiger partial charge in [0.1, 0.15) is 11.6 Å². The highest BCUT2D eigenvalue weighted by Crippen LogP contribution is 2.42. The standard InChI is InChI=1S/C23H27FN4O2.C20H25N/c1-15-18(23(29)28-10-3-2-4-21(28)25-15)9-13-27-11-7-16(8-12-27)22-19-6-5-17(24)14-20(19)30-26-22;1-17(2)21-15-13-20(14-16-21,18-9-5-3-6-10-18)19-11-7-4-8-12-19/h5-6,14,16H,2-4,7-13H2,1H3;3-12,17H,13-16H2,1-2H3. The van der Waals surface area contributed by atoms with Crippen LogP contribution in [0, 0.1) is 12.7 Å². The number of benzene rings is 3. The zero-order valence-electron chi connectivity index (χ0n) is 30.5. The fraction of sp³-hybridized carbons (Fsp3) is 0.465. The molecule has 2 saturated heterocycles. The number of nitrogens with zero attached hydrogens (tertiary/aromatic N) is 5. The molecule has 0 aliphatic carbocycles. The maximum atomic E-state index is 13.4. The fourth-order valence-corrected chi connectivity index (χ4v) is 8.62. The van der Waals surface area contributed by atoms with Gasteiger partial charge in [-0.2, -0.15) is 0 Å². The number of rotatable bonds is 7. The molecule has 5 heterocycles. The molecule has 3 aliphatic rings. The van der Waals surface area contributed by atoms with Gasteiger partial charge in [-0.1, -0.05) is 65.8 Å². The van der Waals surface area contributed by atoms with Crippen LogP contribution in [0.2, 0.25) is 0 Å². The quantitative estimate of drug-likeness (QED) is 0.172. The van der Waals surface area contributed by atoms with E-state index in [-0.39, 0.29) is 16.8 Å². The van der Waals surface area contributed by atoms with Crippen LogP contribution in [-0.4, -0.2) is 63.3 Å². The van der Waals surface area contributed by atoms with E-state index in [9.17, 15) is 9.18 Å². The summed E-state index contributed by atoms with van der Waals surface area (Å²) in [7, 11) is 0. The lowest BCUT2D eigenvalue weighted by atomic mass is 9.68. The number of aryl methyl sites for hydroxylation is 2. The molecule has 0 saturated carbocycles. The Kier molecular flexibility index (Phi) is 10.8. The number of piperidine rings is 2. The Balaban J connectivity index is 0.000000170. The smallest absolute Gasteiger partial charge is 0.256 e. The fourth-order valence-electron chi connectivity index (χ4n) is 8.62. The molecule has 268 valence electrons. The molecule has 0 unspecified atom stereocenters. The van der Waals surface area contributed by atoms with Gasteiger partial charge in [0.05, 0.1) is 5.69 Å². The van der Waals surface area contributed by atoms with Crippen molar-refractivity contribution in [3.8, 4) is 0 Å². The van der Waals surface area contributed by atoms with Crippen molar-refractivity contribution >= 4 is 11.0 Å². The van der Waals surface area contributed by atoms with E-state index >= 15 is 0 Å². The number of hydrogen-bond donors (Lipinski definition) is 0. The van der Waals surface area contributed by atoms with Gasteiger partial charge in [-0.25, -0.2) is 9.37 Å². The second-order valence-electron chi connectivity index (χ2n) is 15.0. The molecule has 7 nitrogen and oxygen atoms in total. The largest absolute Gasteiger partial charge is 0.356 e. The van der Waals surface area contributed by atoms with Crippen molar-refractivity contribution in [1.29, 1.82) is 0 Å². The summed E-state index contributed by atoms with van der Waals surface area (Å²) >= 11 is 0. The second kappa shape index (κ2) is 15.6. The van der Waals surface area contributed by atoms with Crippen molar-refractivity contribution in [2.24, 2.45) is 0 Å². The lowest BCUT2D eigenvalue weighted by Gasteiger charge is -2.44. The minimum atomic E-state index is -0.303. The molecule has 51 heavy (non-hydrogen) atoms. The first-order chi connectivity index (χ1) is 24.8. The Morgan fingerprint density at radius 3 is 2.20 bits per heavy atom. The zero-order chi connectivity index (χ0) is 35.4. The molecule has 0 atom stereocenters. The Bertz CT molecular complexity index is 1910. The average Bonchev–Trinajstić information content (AvgIpc) is 3.59. The number of halogens is 1. The summed E-state index contributed by atoms with van der Waals surface area (Å²) in [4.78, 5) is 22.7. The molecule has 0 bridgehead atoms. The van der Waals surface area contributed by atoms with Crippen LogP contribution in [0.3, 0.4) is 0 Å². The van der Waals surface area contributed by atoms with Crippen molar-refractivity contribution < 1.29 is 8.91 Å². The predicted octanol–water partition coefficient (Wildman–Crippen LogP) is 8.07. The van der Waals surface area contributed by atoms with Crippen LogP contribution >= 0.6 is 0 Å². The maximum absolute atomic E-state index is 13.4. The molecule has 5 aromatic rings. The summed E-state index contributed by atoms with van der Waals surface area (Å²) in [5, 5.41) is 5.15. The molecule has 2 aromatic heterocycles. The third kappa shape index (κ3) is 7.58. The van der Waals surface area contributed by atoms with Crippen molar-refractivity contribution in [3.05, 3.63) is 129 Å². The molecule has 8 rings (SSSR count). The molecule has 2 fully saturated rings. The van der Waals surface area contributed by atoms with E-state index in [1.54, 1.807) is 6.07 Å². The Morgan fingerprint density at radius 1 is 0.882 bits per heavy atom. The van der Waals surface area contributed by atoms with Crippen LogP contribution in [0.1, 0.15) is 92.2 Å². The summed E-state index contributed by atoms with van der Waals surface area (Å²) in [6.07, 6.45) is 8.23. The first kappa shape index (κ1) is 35.3. The van der Waals surface area contributed by atoms with Crippen LogP contribution in [0.4, 0.5) is 4.39 Å². The van der Waals surface area contributed by atoms with Crippen LogP contribution in [-0.2, 0) is 24.8 Å². The summed E-state index contributed by atoms with van der Waals surface area (Å²) in [5.74, 6) is 0.974. The summed E-state index contributed by atoms with van der Waals surface area (Å²) in [5.41, 5.74) is 6.51. The Morgan fingerprint density at radius 2 is 1.55 bits per heavy atom. The van der Waals surface area contributed by atoms with E-state index in [4.69, 9.17) is 9.51 Å². The van der Waals surface area contributed by atoms with Crippen molar-refractivity contribution in [3.63, 3.8) is 0 Å². The van der Waals surface area contributed by atoms with E-state index in [0.29, 0.717) is 17.5 Å². The SMILES string of the molecule is CC(C)N1CCC(c2ccccc2)(c2ccccc2)CC1.Cc1nc2n(c(=O)c1CCN1CCC(c3noc4cc(F)ccc34)CC1)CCCC2. The molecule has 0 N–H and O–H groups in total. The van der Waals surface area contributed by atoms with E-state index in [0.717, 1.165) is 92.9 Å². The first-order valence-corrected chi connectivity index (χ1v) is 19.0. The molecule has 3 aliphatic heterocycles. The summed E-state index contributed by atoms with van der Waals surface area (Å²) < 4.78 is 20.6. The topological polar surface area (TPSA) is 67.4 Å². The average molecular weight is 690 g/mol. The van der Waals surface area contributed by atoms with Crippen molar-refractivity contribution in [2.45, 2.75) is 96.1 Å². The minimum Gasteiger partial charge on any atom is -0.356 e. The van der Waals surface area contributed by atoms with Gasteiger partial charge in [-0.05, 0) is 115 Å². The highest BCUT2D eigenvalue weighted by molar-refractivity contribution is 5.79. The first-order valence-electron chi connectivity index (χ1n) is 19.0.